The molecule has 14 heavy (non-hydrogen) atoms. The van der Waals surface area contributed by atoms with Crippen LogP contribution in [0.5, 0.6) is 6.01 Å². The van der Waals surface area contributed by atoms with E-state index in [1.807, 2.05) is 0 Å². The van der Waals surface area contributed by atoms with Gasteiger partial charge in [-0.05, 0) is 6.07 Å². The highest BCUT2D eigenvalue weighted by atomic mass is 16.5. The van der Waals surface area contributed by atoms with Gasteiger partial charge in [-0.2, -0.15) is 10.1 Å². The summed E-state index contributed by atoms with van der Waals surface area (Å²) in [4.78, 5) is 7.95. The maximum absolute atomic E-state index is 4.88. The van der Waals surface area contributed by atoms with Crippen molar-refractivity contribution >= 4 is 11.6 Å². The fourth-order valence-electron chi connectivity index (χ4n) is 0.970. The number of nitrogens with one attached hydrogen (secondary N) is 2. The number of hydrogen-bond acceptors (Lipinski definition) is 5. The van der Waals surface area contributed by atoms with E-state index in [1.54, 1.807) is 24.5 Å². The van der Waals surface area contributed by atoms with Gasteiger partial charge < -0.3 is 10.1 Å². The van der Waals surface area contributed by atoms with Crippen LogP contribution in [0.15, 0.2) is 24.5 Å². The van der Waals surface area contributed by atoms with E-state index >= 15 is 0 Å². The van der Waals surface area contributed by atoms with Crippen LogP contribution in [-0.2, 0) is 0 Å². The van der Waals surface area contributed by atoms with E-state index in [-0.39, 0.29) is 0 Å². The molecule has 2 aromatic rings. The quantitative estimate of drug-likeness (QED) is 0.755. The van der Waals surface area contributed by atoms with Crippen molar-refractivity contribution in [2.45, 2.75) is 0 Å². The first-order chi connectivity index (χ1) is 6.88. The second-order valence-corrected chi connectivity index (χ2v) is 2.51. The van der Waals surface area contributed by atoms with E-state index in [0.29, 0.717) is 17.6 Å². The van der Waals surface area contributed by atoms with Crippen LogP contribution >= 0.6 is 0 Å². The lowest BCUT2D eigenvalue weighted by atomic mass is 10.5. The Kier molecular flexibility index (Phi) is 2.26. The van der Waals surface area contributed by atoms with Crippen LogP contribution < -0.4 is 10.1 Å². The monoisotopic (exact) mass is 191 g/mol. The summed E-state index contributed by atoms with van der Waals surface area (Å²) < 4.78 is 4.88. The highest BCUT2D eigenvalue weighted by Crippen LogP contribution is 2.12. The number of ether oxygens (including phenoxy) is 1. The molecule has 2 aromatic heterocycles. The fraction of sp³-hybridized carbons (Fsp3) is 0.125. The number of methoxy groups -OCH3 is 1. The summed E-state index contributed by atoms with van der Waals surface area (Å²) in [6.07, 6.45) is 3.33. The van der Waals surface area contributed by atoms with Crippen molar-refractivity contribution in [1.29, 1.82) is 0 Å². The van der Waals surface area contributed by atoms with Crippen molar-refractivity contribution in [1.82, 2.24) is 20.2 Å². The third-order valence-corrected chi connectivity index (χ3v) is 1.57. The highest BCUT2D eigenvalue weighted by molar-refractivity contribution is 5.50. The number of rotatable bonds is 3. The van der Waals surface area contributed by atoms with Gasteiger partial charge in [0.15, 0.2) is 5.82 Å². The van der Waals surface area contributed by atoms with E-state index < -0.39 is 0 Å². The third kappa shape index (κ3) is 1.79. The molecule has 0 atom stereocenters. The molecule has 0 aliphatic carbocycles. The average molecular weight is 191 g/mol. The first-order valence-electron chi connectivity index (χ1n) is 4.02. The molecule has 0 unspecified atom stereocenters. The van der Waals surface area contributed by atoms with Gasteiger partial charge in [0.05, 0.1) is 7.11 Å². The minimum Gasteiger partial charge on any atom is -0.467 e. The lowest BCUT2D eigenvalue weighted by Crippen LogP contribution is -1.97. The minimum absolute atomic E-state index is 0.325. The standard InChI is InChI=1S/C8H9N5O/c1-14-8-9-4-2-6(12-8)11-7-3-5-10-13-7/h2-5H,1H3,(H2,9,10,11,12,13). The molecule has 0 aliphatic rings. The Balaban J connectivity index is 2.17. The van der Waals surface area contributed by atoms with Gasteiger partial charge in [-0.25, -0.2) is 4.98 Å². The molecule has 6 heteroatoms. The SMILES string of the molecule is COc1nccc(Nc2cc[nH]n2)n1. The van der Waals surface area contributed by atoms with Crippen molar-refractivity contribution in [3.8, 4) is 6.01 Å². The van der Waals surface area contributed by atoms with Gasteiger partial charge >= 0.3 is 6.01 Å². The molecule has 2 N–H and O–H groups in total. The summed E-state index contributed by atoms with van der Waals surface area (Å²) in [5, 5.41) is 9.61. The average Bonchev–Trinajstić information content (AvgIpc) is 2.71. The molecular weight excluding hydrogens is 182 g/mol. The molecule has 0 aromatic carbocycles. The zero-order valence-electron chi connectivity index (χ0n) is 7.56. The van der Waals surface area contributed by atoms with Crippen molar-refractivity contribution in [3.63, 3.8) is 0 Å². The Morgan fingerprint density at radius 3 is 3.00 bits per heavy atom. The van der Waals surface area contributed by atoms with E-state index in [4.69, 9.17) is 4.74 Å². The van der Waals surface area contributed by atoms with Gasteiger partial charge in [-0.3, -0.25) is 5.10 Å². The number of anilines is 2. The topological polar surface area (TPSA) is 75.7 Å². The van der Waals surface area contributed by atoms with Crippen LogP contribution in [0.2, 0.25) is 0 Å². The molecule has 2 heterocycles. The molecule has 6 nitrogen and oxygen atoms in total. The maximum atomic E-state index is 4.88. The largest absolute Gasteiger partial charge is 0.467 e. The van der Waals surface area contributed by atoms with Gasteiger partial charge in [0.2, 0.25) is 0 Å². The molecule has 0 bridgehead atoms. The number of aromatic nitrogens is 4. The molecule has 0 saturated carbocycles. The van der Waals surface area contributed by atoms with Crippen molar-refractivity contribution in [2.24, 2.45) is 0 Å². The second-order valence-electron chi connectivity index (χ2n) is 2.51. The number of H-pyrrole nitrogens is 1. The van der Waals surface area contributed by atoms with Gasteiger partial charge in [0.1, 0.15) is 5.82 Å². The first-order valence-corrected chi connectivity index (χ1v) is 4.02. The molecular formula is C8H9N5O. The van der Waals surface area contributed by atoms with Crippen LogP contribution in [0.3, 0.4) is 0 Å². The van der Waals surface area contributed by atoms with Gasteiger partial charge in [-0.1, -0.05) is 0 Å². The highest BCUT2D eigenvalue weighted by Gasteiger charge is 1.99. The summed E-state index contributed by atoms with van der Waals surface area (Å²) >= 11 is 0. The van der Waals surface area contributed by atoms with Crippen LogP contribution in [-0.4, -0.2) is 27.3 Å². The van der Waals surface area contributed by atoms with Crippen LogP contribution in [0.1, 0.15) is 0 Å². The number of aromatic amines is 1. The lowest BCUT2D eigenvalue weighted by molar-refractivity contribution is 0.380. The first kappa shape index (κ1) is 8.49. The van der Waals surface area contributed by atoms with E-state index in [0.717, 1.165) is 0 Å². The fourth-order valence-corrected chi connectivity index (χ4v) is 0.970. The Morgan fingerprint density at radius 2 is 2.29 bits per heavy atom. The van der Waals surface area contributed by atoms with Crippen LogP contribution in [0, 0.1) is 0 Å². The third-order valence-electron chi connectivity index (χ3n) is 1.57. The Hall–Kier alpha value is -2.11. The van der Waals surface area contributed by atoms with Gasteiger partial charge in [0.25, 0.3) is 0 Å². The van der Waals surface area contributed by atoms with E-state index in [2.05, 4.69) is 25.5 Å². The zero-order valence-corrected chi connectivity index (χ0v) is 7.56. The Bertz CT molecular complexity index is 400. The summed E-state index contributed by atoms with van der Waals surface area (Å²) in [6.45, 7) is 0. The van der Waals surface area contributed by atoms with Crippen molar-refractivity contribution < 1.29 is 4.74 Å². The predicted molar refractivity (Wildman–Crippen MR) is 50.5 cm³/mol. The van der Waals surface area contributed by atoms with Gasteiger partial charge in [-0.15, -0.1) is 0 Å². The summed E-state index contributed by atoms with van der Waals surface area (Å²) in [5.74, 6) is 1.34. The molecule has 72 valence electrons. The van der Waals surface area contributed by atoms with E-state index in [9.17, 15) is 0 Å². The molecule has 0 fully saturated rings. The number of nitrogens with zero attached hydrogens (tertiary/aromatic N) is 3. The summed E-state index contributed by atoms with van der Waals surface area (Å²) in [6, 6.07) is 3.86. The number of hydrogen-bond donors (Lipinski definition) is 2. The second kappa shape index (κ2) is 3.73. The smallest absolute Gasteiger partial charge is 0.318 e. The molecule has 0 aliphatic heterocycles. The molecule has 0 radical (unpaired) electrons. The molecule has 0 spiro atoms. The normalized spacial score (nSPS) is 9.79. The predicted octanol–water partition coefficient (Wildman–Crippen LogP) is 0.952. The van der Waals surface area contributed by atoms with E-state index in [1.165, 1.54) is 7.11 Å². The molecule has 0 saturated heterocycles. The van der Waals surface area contributed by atoms with Crippen LogP contribution in [0.25, 0.3) is 0 Å². The Labute approximate surface area is 80.4 Å². The Morgan fingerprint density at radius 1 is 1.36 bits per heavy atom. The summed E-state index contributed by atoms with van der Waals surface area (Å²) in [5.41, 5.74) is 0. The van der Waals surface area contributed by atoms with Crippen LogP contribution in [0.4, 0.5) is 11.6 Å². The van der Waals surface area contributed by atoms with Gasteiger partial charge in [0, 0.05) is 18.5 Å². The van der Waals surface area contributed by atoms with Crippen molar-refractivity contribution in [3.05, 3.63) is 24.5 Å². The van der Waals surface area contributed by atoms with Crippen molar-refractivity contribution in [2.75, 3.05) is 12.4 Å². The summed E-state index contributed by atoms with van der Waals surface area (Å²) in [7, 11) is 1.52. The zero-order chi connectivity index (χ0) is 9.80. The lowest BCUT2D eigenvalue weighted by Gasteiger charge is -2.02. The maximum Gasteiger partial charge on any atom is 0.318 e. The minimum atomic E-state index is 0.325. The molecule has 0 amide bonds. The molecule has 2 rings (SSSR count).